The van der Waals surface area contributed by atoms with Crippen LogP contribution >= 0.6 is 0 Å². The van der Waals surface area contributed by atoms with Gasteiger partial charge >= 0.3 is 0 Å². The van der Waals surface area contributed by atoms with Crippen molar-refractivity contribution < 1.29 is 14.6 Å². The Labute approximate surface area is 174 Å². The molecule has 2 aromatic heterocycles. The van der Waals surface area contributed by atoms with Crippen LogP contribution in [0.1, 0.15) is 29.8 Å². The Morgan fingerprint density at radius 3 is 2.63 bits per heavy atom. The number of unbranched alkanes of at least 4 members (excludes halogenated alkanes) is 2. The van der Waals surface area contributed by atoms with Gasteiger partial charge in [-0.25, -0.2) is 4.98 Å². The van der Waals surface area contributed by atoms with E-state index < -0.39 is 0 Å². The van der Waals surface area contributed by atoms with Crippen LogP contribution in [0.25, 0.3) is 33.1 Å². The number of aromatic nitrogens is 2. The smallest absolute Gasteiger partial charge is 0.269 e. The molecule has 1 amide bonds. The molecule has 6 nitrogen and oxygen atoms in total. The van der Waals surface area contributed by atoms with Crippen molar-refractivity contribution in [3.8, 4) is 17.0 Å². The van der Waals surface area contributed by atoms with Gasteiger partial charge in [0.05, 0.1) is 18.3 Å². The van der Waals surface area contributed by atoms with Gasteiger partial charge in [0.15, 0.2) is 0 Å². The predicted octanol–water partition coefficient (Wildman–Crippen LogP) is 4.28. The van der Waals surface area contributed by atoms with Crippen LogP contribution in [-0.2, 0) is 0 Å². The number of methoxy groups -OCH3 is 1. The van der Waals surface area contributed by atoms with Crippen LogP contribution in [0.15, 0.2) is 54.6 Å². The normalized spacial score (nSPS) is 11.1. The first-order valence-corrected chi connectivity index (χ1v) is 10.2. The van der Waals surface area contributed by atoms with Crippen molar-refractivity contribution in [3.05, 3.63) is 60.3 Å². The second-order valence-electron chi connectivity index (χ2n) is 7.22. The monoisotopic (exact) mass is 403 g/mol. The van der Waals surface area contributed by atoms with Crippen molar-refractivity contribution in [2.24, 2.45) is 0 Å². The molecule has 30 heavy (non-hydrogen) atoms. The molecule has 0 unspecified atom stereocenters. The third kappa shape index (κ3) is 4.00. The number of para-hydroxylation sites is 1. The molecule has 0 radical (unpaired) electrons. The third-order valence-electron chi connectivity index (χ3n) is 5.21. The van der Waals surface area contributed by atoms with E-state index in [0.29, 0.717) is 12.2 Å². The molecule has 0 fully saturated rings. The van der Waals surface area contributed by atoms with Gasteiger partial charge < -0.3 is 20.1 Å². The molecule has 0 saturated heterocycles. The molecule has 3 N–H and O–H groups in total. The van der Waals surface area contributed by atoms with Crippen LogP contribution in [0.4, 0.5) is 0 Å². The fourth-order valence-corrected chi connectivity index (χ4v) is 3.63. The maximum Gasteiger partial charge on any atom is 0.269 e. The lowest BCUT2D eigenvalue weighted by atomic mass is 10.1. The molecule has 0 aliphatic rings. The fraction of sp³-hybridized carbons (Fsp3) is 0.250. The van der Waals surface area contributed by atoms with Crippen molar-refractivity contribution >= 4 is 27.7 Å². The summed E-state index contributed by atoms with van der Waals surface area (Å²) in [5.41, 5.74) is 3.94. The average Bonchev–Trinajstić information content (AvgIpc) is 3.17. The molecule has 154 valence electrons. The van der Waals surface area contributed by atoms with Crippen LogP contribution in [-0.4, -0.2) is 41.2 Å². The quantitative estimate of drug-likeness (QED) is 0.383. The lowest BCUT2D eigenvalue weighted by Gasteiger charge is -2.09. The maximum atomic E-state index is 12.8. The highest BCUT2D eigenvalue weighted by atomic mass is 16.5. The van der Waals surface area contributed by atoms with Gasteiger partial charge in [-0.1, -0.05) is 18.2 Å². The molecular weight excluding hydrogens is 378 g/mol. The summed E-state index contributed by atoms with van der Waals surface area (Å²) < 4.78 is 5.27. The number of nitrogens with zero attached hydrogens (tertiary/aromatic N) is 1. The maximum absolute atomic E-state index is 12.8. The summed E-state index contributed by atoms with van der Waals surface area (Å²) in [6.45, 7) is 0.738. The Bertz CT molecular complexity index is 1170. The van der Waals surface area contributed by atoms with Crippen molar-refractivity contribution in [3.63, 3.8) is 0 Å². The van der Waals surface area contributed by atoms with Crippen LogP contribution in [0.2, 0.25) is 0 Å². The minimum atomic E-state index is -0.194. The number of fused-ring (bicyclic) bond motifs is 3. The molecule has 4 aromatic rings. The molecule has 0 saturated carbocycles. The number of carbonyl (C=O) groups excluding carboxylic acids is 1. The molecule has 0 bridgehead atoms. The molecule has 2 heterocycles. The summed E-state index contributed by atoms with van der Waals surface area (Å²) in [6.07, 6.45) is 2.45. The Kier molecular flexibility index (Phi) is 5.95. The zero-order chi connectivity index (χ0) is 20.9. The van der Waals surface area contributed by atoms with E-state index in [1.165, 1.54) is 0 Å². The van der Waals surface area contributed by atoms with Crippen LogP contribution in [0.5, 0.6) is 5.75 Å². The zero-order valence-electron chi connectivity index (χ0n) is 16.9. The molecule has 0 aliphatic carbocycles. The molecule has 2 aromatic carbocycles. The summed E-state index contributed by atoms with van der Waals surface area (Å²) in [5, 5.41) is 13.9. The number of ether oxygens (including phenoxy) is 1. The Morgan fingerprint density at radius 2 is 1.87 bits per heavy atom. The first-order chi connectivity index (χ1) is 14.7. The van der Waals surface area contributed by atoms with E-state index in [4.69, 9.17) is 14.8 Å². The first-order valence-electron chi connectivity index (χ1n) is 10.2. The minimum absolute atomic E-state index is 0.179. The van der Waals surface area contributed by atoms with Gasteiger partial charge in [-0.15, -0.1) is 0 Å². The number of H-pyrrole nitrogens is 1. The summed E-state index contributed by atoms with van der Waals surface area (Å²) in [7, 11) is 1.63. The molecule has 6 heteroatoms. The average molecular weight is 403 g/mol. The number of hydrogen-bond acceptors (Lipinski definition) is 4. The molecule has 4 rings (SSSR count). The van der Waals surface area contributed by atoms with Gasteiger partial charge in [-0.3, -0.25) is 4.79 Å². The van der Waals surface area contributed by atoms with E-state index in [2.05, 4.69) is 10.3 Å². The largest absolute Gasteiger partial charge is 0.497 e. The number of aliphatic hydroxyl groups is 1. The molecule has 0 atom stereocenters. The highest BCUT2D eigenvalue weighted by Gasteiger charge is 2.17. The summed E-state index contributed by atoms with van der Waals surface area (Å²) in [5.74, 6) is 0.573. The number of pyridine rings is 1. The van der Waals surface area contributed by atoms with E-state index in [1.807, 2.05) is 54.6 Å². The first kappa shape index (κ1) is 19.9. The van der Waals surface area contributed by atoms with E-state index in [-0.39, 0.29) is 12.5 Å². The number of carbonyl (C=O) groups is 1. The van der Waals surface area contributed by atoms with E-state index >= 15 is 0 Å². The number of benzene rings is 2. The van der Waals surface area contributed by atoms with Crippen molar-refractivity contribution in [2.75, 3.05) is 20.3 Å². The van der Waals surface area contributed by atoms with Crippen LogP contribution in [0, 0.1) is 0 Å². The van der Waals surface area contributed by atoms with Gasteiger partial charge in [0.1, 0.15) is 11.4 Å². The Balaban J connectivity index is 1.75. The van der Waals surface area contributed by atoms with Gasteiger partial charge in [0.25, 0.3) is 5.91 Å². The van der Waals surface area contributed by atoms with Gasteiger partial charge in [0, 0.05) is 35.0 Å². The lowest BCUT2D eigenvalue weighted by Crippen LogP contribution is -2.25. The van der Waals surface area contributed by atoms with Gasteiger partial charge in [-0.2, -0.15) is 0 Å². The van der Waals surface area contributed by atoms with E-state index in [9.17, 15) is 4.79 Å². The van der Waals surface area contributed by atoms with E-state index in [0.717, 1.165) is 58.1 Å². The second kappa shape index (κ2) is 8.97. The van der Waals surface area contributed by atoms with Crippen LogP contribution in [0.3, 0.4) is 0 Å². The molecular formula is C24H25N3O3. The third-order valence-corrected chi connectivity index (χ3v) is 5.21. The number of rotatable bonds is 8. The number of amides is 1. The van der Waals surface area contributed by atoms with Gasteiger partial charge in [-0.05, 0) is 55.7 Å². The summed E-state index contributed by atoms with van der Waals surface area (Å²) in [4.78, 5) is 21.0. The zero-order valence-corrected chi connectivity index (χ0v) is 16.9. The number of hydrogen-bond donors (Lipinski definition) is 3. The summed E-state index contributed by atoms with van der Waals surface area (Å²) in [6, 6.07) is 17.6. The summed E-state index contributed by atoms with van der Waals surface area (Å²) >= 11 is 0. The van der Waals surface area contributed by atoms with Crippen molar-refractivity contribution in [2.45, 2.75) is 19.3 Å². The number of nitrogens with one attached hydrogen (secondary N) is 2. The van der Waals surface area contributed by atoms with Crippen molar-refractivity contribution in [1.82, 2.24) is 15.3 Å². The topological polar surface area (TPSA) is 87.2 Å². The van der Waals surface area contributed by atoms with Crippen LogP contribution < -0.4 is 10.1 Å². The van der Waals surface area contributed by atoms with E-state index in [1.54, 1.807) is 7.11 Å². The highest BCUT2D eigenvalue weighted by Crippen LogP contribution is 2.33. The standard InChI is InChI=1S/C24H25N3O3/c1-30-17-11-9-16(10-12-17)22-23-19(18-7-3-4-8-20(18)26-23)15-21(27-22)24(29)25-13-5-2-6-14-28/h3-4,7-12,15,26,28H,2,5-6,13-14H2,1H3,(H,25,29). The minimum Gasteiger partial charge on any atom is -0.497 e. The number of aromatic amines is 1. The molecule has 0 spiro atoms. The van der Waals surface area contributed by atoms with Gasteiger partial charge in [0.2, 0.25) is 0 Å². The second-order valence-corrected chi connectivity index (χ2v) is 7.22. The SMILES string of the molecule is COc1ccc(-c2nc(C(=O)NCCCCCO)cc3c2[nH]c2ccccc23)cc1. The van der Waals surface area contributed by atoms with Crippen molar-refractivity contribution in [1.29, 1.82) is 0 Å². The highest BCUT2D eigenvalue weighted by molar-refractivity contribution is 6.13. The lowest BCUT2D eigenvalue weighted by molar-refractivity contribution is 0.0948. The Hall–Kier alpha value is -3.38. The Morgan fingerprint density at radius 1 is 1.07 bits per heavy atom. The number of aliphatic hydroxyl groups excluding tert-OH is 1. The fourth-order valence-electron chi connectivity index (χ4n) is 3.63. The predicted molar refractivity (Wildman–Crippen MR) is 119 cm³/mol. The molecule has 0 aliphatic heterocycles.